The van der Waals surface area contributed by atoms with Crippen molar-refractivity contribution in [2.45, 2.75) is 37.8 Å². The predicted molar refractivity (Wildman–Crippen MR) is 112 cm³/mol. The lowest BCUT2D eigenvalue weighted by Gasteiger charge is -2.31. The van der Waals surface area contributed by atoms with Gasteiger partial charge in [-0.1, -0.05) is 17.3 Å². The molecule has 3 heterocycles. The van der Waals surface area contributed by atoms with Crippen molar-refractivity contribution in [2.24, 2.45) is 0 Å². The molecular formula is C22H23F3N4O4. The molecule has 176 valence electrons. The molecule has 0 saturated carbocycles. The molecule has 1 aliphatic rings. The molecule has 8 nitrogen and oxygen atoms in total. The van der Waals surface area contributed by atoms with Gasteiger partial charge in [-0.05, 0) is 30.9 Å². The normalized spacial score (nSPS) is 15.3. The Morgan fingerprint density at radius 1 is 1.21 bits per heavy atom. The molecule has 4 rings (SSSR count). The number of hydrogen-bond acceptors (Lipinski definition) is 6. The number of halogens is 3. The summed E-state index contributed by atoms with van der Waals surface area (Å²) in [4.78, 5) is 26.0. The minimum Gasteiger partial charge on any atom is -0.381 e. The number of ether oxygens (including phenoxy) is 1. The van der Waals surface area contributed by atoms with Crippen LogP contribution in [-0.2, 0) is 22.1 Å². The average Bonchev–Trinajstić information content (AvgIpc) is 3.30. The molecule has 0 unspecified atom stereocenters. The third-order valence-electron chi connectivity index (χ3n) is 5.85. The van der Waals surface area contributed by atoms with Crippen LogP contribution >= 0.6 is 0 Å². The Balaban J connectivity index is 1.19. The van der Waals surface area contributed by atoms with E-state index in [1.807, 2.05) is 12.1 Å². The van der Waals surface area contributed by atoms with Gasteiger partial charge in [0.2, 0.25) is 11.7 Å². The van der Waals surface area contributed by atoms with Crippen molar-refractivity contribution < 1.29 is 27.2 Å². The number of fused-ring (bicyclic) bond motifs is 1. The van der Waals surface area contributed by atoms with Gasteiger partial charge in [-0.2, -0.15) is 18.3 Å². The first kappa shape index (κ1) is 23.0. The Kier molecular flexibility index (Phi) is 6.77. The summed E-state index contributed by atoms with van der Waals surface area (Å²) in [5.74, 6) is -1.31. The summed E-state index contributed by atoms with van der Waals surface area (Å²) >= 11 is 0. The summed E-state index contributed by atoms with van der Waals surface area (Å²) in [5, 5.41) is 11.1. The molecule has 1 N–H and O–H groups in total. The quantitative estimate of drug-likeness (QED) is 0.539. The lowest BCUT2D eigenvalue weighted by molar-refractivity contribution is -0.155. The van der Waals surface area contributed by atoms with Gasteiger partial charge in [0.15, 0.2) is 0 Å². The Labute approximate surface area is 186 Å². The van der Waals surface area contributed by atoms with E-state index in [1.54, 1.807) is 17.2 Å². The van der Waals surface area contributed by atoms with Crippen LogP contribution in [0.4, 0.5) is 13.2 Å². The first-order chi connectivity index (χ1) is 15.8. The van der Waals surface area contributed by atoms with E-state index in [2.05, 4.69) is 19.9 Å². The highest BCUT2D eigenvalue weighted by molar-refractivity contribution is 5.83. The van der Waals surface area contributed by atoms with Crippen LogP contribution < -0.4 is 5.56 Å². The van der Waals surface area contributed by atoms with Gasteiger partial charge in [0.05, 0.1) is 36.9 Å². The van der Waals surface area contributed by atoms with E-state index in [4.69, 9.17) is 4.74 Å². The van der Waals surface area contributed by atoms with Gasteiger partial charge in [0, 0.05) is 30.5 Å². The van der Waals surface area contributed by atoms with Crippen molar-refractivity contribution in [3.05, 3.63) is 57.8 Å². The van der Waals surface area contributed by atoms with Crippen LogP contribution in [0.25, 0.3) is 10.8 Å². The number of rotatable bonds is 7. The molecule has 2 aromatic heterocycles. The van der Waals surface area contributed by atoms with Crippen molar-refractivity contribution in [1.82, 2.24) is 20.3 Å². The second-order valence-electron chi connectivity index (χ2n) is 7.96. The Bertz CT molecular complexity index is 1170. The maximum absolute atomic E-state index is 12.7. The van der Waals surface area contributed by atoms with Crippen molar-refractivity contribution in [3.63, 3.8) is 0 Å². The van der Waals surface area contributed by atoms with Crippen LogP contribution in [0.15, 0.2) is 39.8 Å². The molecule has 0 aliphatic carbocycles. The van der Waals surface area contributed by atoms with E-state index in [-0.39, 0.29) is 36.1 Å². The number of piperidine rings is 1. The molecule has 0 atom stereocenters. The average molecular weight is 464 g/mol. The minimum absolute atomic E-state index is 0.0505. The smallest absolute Gasteiger partial charge is 0.381 e. The van der Waals surface area contributed by atoms with Crippen LogP contribution in [-0.4, -0.2) is 52.5 Å². The molecule has 33 heavy (non-hydrogen) atoms. The fraction of sp³-hybridized carbons (Fsp3) is 0.455. The van der Waals surface area contributed by atoms with Gasteiger partial charge < -0.3 is 14.2 Å². The van der Waals surface area contributed by atoms with Crippen molar-refractivity contribution >= 4 is 16.7 Å². The third kappa shape index (κ3) is 5.41. The minimum atomic E-state index is -4.55. The molecule has 0 spiro atoms. The molecule has 1 saturated heterocycles. The number of hydrogen-bond donors (Lipinski definition) is 1. The lowest BCUT2D eigenvalue weighted by Crippen LogP contribution is -2.38. The molecule has 11 heteroatoms. The topological polar surface area (TPSA) is 101 Å². The molecule has 1 aromatic carbocycles. The summed E-state index contributed by atoms with van der Waals surface area (Å²) in [6, 6.07) is 6.40. The van der Waals surface area contributed by atoms with Crippen molar-refractivity contribution in [1.29, 1.82) is 0 Å². The monoisotopic (exact) mass is 464 g/mol. The van der Waals surface area contributed by atoms with Gasteiger partial charge in [-0.15, -0.1) is 0 Å². The molecule has 1 fully saturated rings. The van der Waals surface area contributed by atoms with Gasteiger partial charge in [0.25, 0.3) is 5.56 Å². The van der Waals surface area contributed by atoms with E-state index in [1.165, 1.54) is 0 Å². The Morgan fingerprint density at radius 3 is 2.73 bits per heavy atom. The number of aromatic nitrogens is 3. The number of alkyl halides is 3. The number of nitrogens with one attached hydrogen (secondary N) is 1. The number of benzene rings is 1. The zero-order chi connectivity index (χ0) is 23.4. The van der Waals surface area contributed by atoms with Crippen LogP contribution in [0, 0.1) is 0 Å². The van der Waals surface area contributed by atoms with Crippen molar-refractivity contribution in [3.8, 4) is 0 Å². The number of carbonyl (C=O) groups excluding carboxylic acids is 1. The lowest BCUT2D eigenvalue weighted by atomic mass is 9.93. The van der Waals surface area contributed by atoms with E-state index in [0.29, 0.717) is 44.3 Å². The number of likely N-dealkylation sites (tertiary alicyclic amines) is 1. The van der Waals surface area contributed by atoms with Gasteiger partial charge in [-0.25, -0.2) is 5.10 Å². The molecule has 1 amide bonds. The maximum Gasteiger partial charge on any atom is 0.452 e. The summed E-state index contributed by atoms with van der Waals surface area (Å²) < 4.78 is 48.0. The predicted octanol–water partition coefficient (Wildman–Crippen LogP) is 3.29. The van der Waals surface area contributed by atoms with Crippen LogP contribution in [0.2, 0.25) is 0 Å². The van der Waals surface area contributed by atoms with Crippen LogP contribution in [0.1, 0.15) is 42.2 Å². The van der Waals surface area contributed by atoms with E-state index >= 15 is 0 Å². The number of amides is 1. The number of carbonyl (C=O) groups is 1. The summed E-state index contributed by atoms with van der Waals surface area (Å²) in [6.45, 7) is 1.57. The van der Waals surface area contributed by atoms with Gasteiger partial charge >= 0.3 is 6.18 Å². The second-order valence-corrected chi connectivity index (χ2v) is 7.96. The standard InChI is InChI=1S/C22H23F3N4O4/c23-22(24,25)19-12-18(28-33-19)15-4-8-29(9-5-15)20(30)7-11-32-10-6-14-2-1-3-16-17(14)13-26-27-21(16)31/h1-3,12-13,15H,4-11H2,(H,27,31). The fourth-order valence-electron chi connectivity index (χ4n) is 4.04. The largest absolute Gasteiger partial charge is 0.452 e. The fourth-order valence-corrected chi connectivity index (χ4v) is 4.04. The van der Waals surface area contributed by atoms with E-state index in [0.717, 1.165) is 17.0 Å². The number of H-pyrrole nitrogens is 1. The maximum atomic E-state index is 12.7. The highest BCUT2D eigenvalue weighted by atomic mass is 19.4. The first-order valence-corrected chi connectivity index (χ1v) is 10.7. The van der Waals surface area contributed by atoms with E-state index < -0.39 is 11.9 Å². The SMILES string of the molecule is O=C(CCOCCc1cccc2c(=O)[nH]ncc12)N1CCC(c2cc(C(F)(F)F)on2)CC1. The van der Waals surface area contributed by atoms with Crippen molar-refractivity contribution in [2.75, 3.05) is 26.3 Å². The molecule has 3 aromatic rings. The summed E-state index contributed by atoms with van der Waals surface area (Å²) in [6.07, 6.45) is -1.06. The molecule has 1 aliphatic heterocycles. The highest BCUT2D eigenvalue weighted by Crippen LogP contribution is 2.34. The Hall–Kier alpha value is -3.21. The van der Waals surface area contributed by atoms with Crippen LogP contribution in [0.5, 0.6) is 0 Å². The van der Waals surface area contributed by atoms with Crippen LogP contribution in [0.3, 0.4) is 0 Å². The number of aromatic amines is 1. The van der Waals surface area contributed by atoms with E-state index in [9.17, 15) is 22.8 Å². The summed E-state index contributed by atoms with van der Waals surface area (Å²) in [5.41, 5.74) is 0.985. The summed E-state index contributed by atoms with van der Waals surface area (Å²) in [7, 11) is 0. The highest BCUT2D eigenvalue weighted by Gasteiger charge is 2.37. The second kappa shape index (κ2) is 9.74. The van der Waals surface area contributed by atoms with Gasteiger partial charge in [0.1, 0.15) is 0 Å². The van der Waals surface area contributed by atoms with Gasteiger partial charge in [-0.3, -0.25) is 9.59 Å². The number of nitrogens with zero attached hydrogens (tertiary/aromatic N) is 3. The zero-order valence-electron chi connectivity index (χ0n) is 17.7. The molecular weight excluding hydrogens is 441 g/mol. The zero-order valence-corrected chi connectivity index (χ0v) is 17.7. The molecule has 0 bridgehead atoms. The Morgan fingerprint density at radius 2 is 2.00 bits per heavy atom. The first-order valence-electron chi connectivity index (χ1n) is 10.7. The third-order valence-corrected chi connectivity index (χ3v) is 5.85. The molecule has 0 radical (unpaired) electrons.